The maximum atomic E-state index is 12.1. The molecule has 1 heterocycles. The summed E-state index contributed by atoms with van der Waals surface area (Å²) < 4.78 is 5.27. The van der Waals surface area contributed by atoms with Gasteiger partial charge in [0.1, 0.15) is 0 Å². The van der Waals surface area contributed by atoms with Crippen molar-refractivity contribution in [2.24, 2.45) is 0 Å². The van der Waals surface area contributed by atoms with Crippen LogP contribution in [0.5, 0.6) is 0 Å². The molecule has 0 saturated carbocycles. The Hall–Kier alpha value is -2.41. The molecule has 2 N–H and O–H groups in total. The van der Waals surface area contributed by atoms with Crippen molar-refractivity contribution >= 4 is 34.8 Å². The van der Waals surface area contributed by atoms with Crippen LogP contribution in [0.1, 0.15) is 5.89 Å². The molecular formula is C18H17Cl2N4O2+. The first kappa shape index (κ1) is 18.4. The molecule has 3 rings (SSSR count). The number of hydrogen-bond donors (Lipinski definition) is 2. The molecule has 1 amide bonds. The van der Waals surface area contributed by atoms with Gasteiger partial charge in [-0.2, -0.15) is 4.98 Å². The summed E-state index contributed by atoms with van der Waals surface area (Å²) in [7, 11) is 1.88. The van der Waals surface area contributed by atoms with Crippen LogP contribution in [-0.2, 0) is 11.3 Å². The highest BCUT2D eigenvalue weighted by Crippen LogP contribution is 2.19. The average Bonchev–Trinajstić information content (AvgIpc) is 3.05. The van der Waals surface area contributed by atoms with E-state index in [9.17, 15) is 4.79 Å². The Bertz CT molecular complexity index is 896. The van der Waals surface area contributed by atoms with Crippen LogP contribution >= 0.6 is 23.2 Å². The predicted octanol–water partition coefficient (Wildman–Crippen LogP) is 2.70. The fourth-order valence-electron chi connectivity index (χ4n) is 2.40. The van der Waals surface area contributed by atoms with E-state index in [2.05, 4.69) is 15.5 Å². The van der Waals surface area contributed by atoms with Gasteiger partial charge in [-0.05, 0) is 36.4 Å². The number of benzene rings is 2. The smallest absolute Gasteiger partial charge is 0.282 e. The van der Waals surface area contributed by atoms with E-state index < -0.39 is 0 Å². The SMILES string of the molecule is C[NH+](CC(=O)Nc1ccc(Cl)cc1)Cc1nc(-c2cccc(Cl)c2)no1. The predicted molar refractivity (Wildman–Crippen MR) is 100 cm³/mol. The Morgan fingerprint density at radius 1 is 1.15 bits per heavy atom. The summed E-state index contributed by atoms with van der Waals surface area (Å²) in [6.07, 6.45) is 0. The van der Waals surface area contributed by atoms with E-state index in [1.165, 1.54) is 0 Å². The highest BCUT2D eigenvalue weighted by Gasteiger charge is 2.16. The number of likely N-dealkylation sites (N-methyl/N-ethyl adjacent to an activating group) is 1. The number of rotatable bonds is 6. The first-order valence-electron chi connectivity index (χ1n) is 7.95. The van der Waals surface area contributed by atoms with Crippen molar-refractivity contribution in [1.82, 2.24) is 10.1 Å². The number of halogens is 2. The number of carbonyl (C=O) groups excluding carboxylic acids is 1. The number of amides is 1. The van der Waals surface area contributed by atoms with Gasteiger partial charge in [-0.15, -0.1) is 0 Å². The zero-order chi connectivity index (χ0) is 18.5. The van der Waals surface area contributed by atoms with Crippen LogP contribution in [0.2, 0.25) is 10.0 Å². The van der Waals surface area contributed by atoms with E-state index in [1.54, 1.807) is 36.4 Å². The summed E-state index contributed by atoms with van der Waals surface area (Å²) in [5, 5.41) is 8.02. The van der Waals surface area contributed by atoms with Gasteiger partial charge in [0.25, 0.3) is 11.8 Å². The topological polar surface area (TPSA) is 72.5 Å². The van der Waals surface area contributed by atoms with Crippen molar-refractivity contribution in [2.75, 3.05) is 18.9 Å². The maximum absolute atomic E-state index is 12.1. The molecule has 0 radical (unpaired) electrons. The quantitative estimate of drug-likeness (QED) is 0.677. The molecule has 0 bridgehead atoms. The van der Waals surface area contributed by atoms with Crippen molar-refractivity contribution < 1.29 is 14.2 Å². The van der Waals surface area contributed by atoms with E-state index in [-0.39, 0.29) is 12.5 Å². The molecule has 1 atom stereocenters. The zero-order valence-corrected chi connectivity index (χ0v) is 15.5. The molecule has 1 unspecified atom stereocenters. The molecule has 6 nitrogen and oxygen atoms in total. The molecule has 0 saturated heterocycles. The van der Waals surface area contributed by atoms with Gasteiger partial charge in [0, 0.05) is 21.3 Å². The van der Waals surface area contributed by atoms with Gasteiger partial charge >= 0.3 is 0 Å². The summed E-state index contributed by atoms with van der Waals surface area (Å²) in [6.45, 7) is 0.694. The minimum absolute atomic E-state index is 0.112. The van der Waals surface area contributed by atoms with E-state index in [0.29, 0.717) is 34.0 Å². The Labute approximate surface area is 160 Å². The highest BCUT2D eigenvalue weighted by molar-refractivity contribution is 6.31. The molecule has 1 aromatic heterocycles. The normalized spacial score (nSPS) is 12.0. The van der Waals surface area contributed by atoms with E-state index in [4.69, 9.17) is 27.7 Å². The first-order chi connectivity index (χ1) is 12.5. The molecular weight excluding hydrogens is 375 g/mol. The molecule has 0 fully saturated rings. The lowest BCUT2D eigenvalue weighted by Crippen LogP contribution is -3.08. The van der Waals surface area contributed by atoms with Crippen LogP contribution in [-0.4, -0.2) is 29.6 Å². The first-order valence-corrected chi connectivity index (χ1v) is 8.70. The molecule has 134 valence electrons. The van der Waals surface area contributed by atoms with E-state index >= 15 is 0 Å². The lowest BCUT2D eigenvalue weighted by Gasteiger charge is -2.11. The molecule has 2 aromatic carbocycles. The van der Waals surface area contributed by atoms with Gasteiger partial charge < -0.3 is 14.7 Å². The molecule has 0 aliphatic rings. The Balaban J connectivity index is 1.55. The second kappa shape index (κ2) is 8.31. The molecule has 0 aliphatic heterocycles. The number of anilines is 1. The number of carbonyl (C=O) groups is 1. The standard InChI is InChI=1S/C18H16Cl2N4O2/c1-24(10-16(25)21-15-7-5-13(19)6-8-15)11-17-22-18(23-26-17)12-3-2-4-14(20)9-12/h2-9H,10-11H2,1H3,(H,21,25)/p+1. The second-order valence-corrected chi connectivity index (χ2v) is 6.76. The monoisotopic (exact) mass is 391 g/mol. The number of aromatic nitrogens is 2. The zero-order valence-electron chi connectivity index (χ0n) is 14.0. The van der Waals surface area contributed by atoms with Crippen molar-refractivity contribution in [3.63, 3.8) is 0 Å². The maximum Gasteiger partial charge on any atom is 0.282 e. The second-order valence-electron chi connectivity index (χ2n) is 5.89. The van der Waals surface area contributed by atoms with Gasteiger partial charge in [-0.25, -0.2) is 0 Å². The fraction of sp³-hybridized carbons (Fsp3) is 0.167. The van der Waals surface area contributed by atoms with Crippen LogP contribution in [0.15, 0.2) is 53.1 Å². The van der Waals surface area contributed by atoms with Crippen LogP contribution in [0.25, 0.3) is 11.4 Å². The van der Waals surface area contributed by atoms with E-state index in [1.807, 2.05) is 19.2 Å². The van der Waals surface area contributed by atoms with Gasteiger partial charge in [0.05, 0.1) is 7.05 Å². The summed E-state index contributed by atoms with van der Waals surface area (Å²) in [5.41, 5.74) is 1.49. The number of hydrogen-bond acceptors (Lipinski definition) is 4. The summed E-state index contributed by atoms with van der Waals surface area (Å²) >= 11 is 11.8. The lowest BCUT2D eigenvalue weighted by atomic mass is 10.2. The Morgan fingerprint density at radius 2 is 1.92 bits per heavy atom. The largest absolute Gasteiger partial charge is 0.333 e. The van der Waals surface area contributed by atoms with Crippen molar-refractivity contribution in [3.05, 3.63) is 64.5 Å². The van der Waals surface area contributed by atoms with Crippen LogP contribution in [0.4, 0.5) is 5.69 Å². The third kappa shape index (κ3) is 5.05. The fourth-order valence-corrected chi connectivity index (χ4v) is 2.72. The molecule has 8 heteroatoms. The average molecular weight is 392 g/mol. The third-order valence-corrected chi connectivity index (χ3v) is 4.08. The van der Waals surface area contributed by atoms with Crippen molar-refractivity contribution in [1.29, 1.82) is 0 Å². The summed E-state index contributed by atoms with van der Waals surface area (Å²) in [5.74, 6) is 0.817. The highest BCUT2D eigenvalue weighted by atomic mass is 35.5. The van der Waals surface area contributed by atoms with Gasteiger partial charge in [-0.3, -0.25) is 4.79 Å². The van der Waals surface area contributed by atoms with Crippen molar-refractivity contribution in [3.8, 4) is 11.4 Å². The minimum Gasteiger partial charge on any atom is -0.333 e. The molecule has 3 aromatic rings. The Kier molecular flexibility index (Phi) is 5.88. The summed E-state index contributed by atoms with van der Waals surface area (Å²) in [6, 6.07) is 14.2. The van der Waals surface area contributed by atoms with Gasteiger partial charge in [0.2, 0.25) is 5.82 Å². The minimum atomic E-state index is -0.112. The molecule has 0 spiro atoms. The lowest BCUT2D eigenvalue weighted by molar-refractivity contribution is -0.886. The van der Waals surface area contributed by atoms with E-state index in [0.717, 1.165) is 10.5 Å². The van der Waals surface area contributed by atoms with Gasteiger partial charge in [0.15, 0.2) is 13.1 Å². The Morgan fingerprint density at radius 3 is 2.65 bits per heavy atom. The van der Waals surface area contributed by atoms with Gasteiger partial charge in [-0.1, -0.05) is 40.5 Å². The van der Waals surface area contributed by atoms with Crippen LogP contribution < -0.4 is 10.2 Å². The number of nitrogens with one attached hydrogen (secondary N) is 2. The van der Waals surface area contributed by atoms with Crippen molar-refractivity contribution in [2.45, 2.75) is 6.54 Å². The van der Waals surface area contributed by atoms with Crippen LogP contribution in [0.3, 0.4) is 0 Å². The summed E-state index contributed by atoms with van der Waals surface area (Å²) in [4.78, 5) is 17.4. The van der Waals surface area contributed by atoms with Crippen LogP contribution in [0, 0.1) is 0 Å². The molecule has 0 aliphatic carbocycles. The third-order valence-electron chi connectivity index (χ3n) is 3.59. The molecule has 26 heavy (non-hydrogen) atoms. The number of nitrogens with zero attached hydrogens (tertiary/aromatic N) is 2. The number of quaternary nitrogens is 1.